The van der Waals surface area contributed by atoms with Gasteiger partial charge < -0.3 is 0 Å². The number of hydrogen-bond acceptors (Lipinski definition) is 2. The van der Waals surface area contributed by atoms with Crippen molar-refractivity contribution in [1.82, 2.24) is 0 Å². The average molecular weight is 1030 g/mol. The largest absolute Gasteiger partial charge is 0.255 e. The van der Waals surface area contributed by atoms with E-state index in [2.05, 4.69) is 93.0 Å². The molecule has 0 radical (unpaired) electrons. The Hall–Kier alpha value is -2.61. The van der Waals surface area contributed by atoms with E-state index in [0.29, 0.717) is 0 Å². The van der Waals surface area contributed by atoms with Gasteiger partial charge in [0, 0.05) is 48.4 Å². The maximum atomic E-state index is 5.24. The van der Waals surface area contributed by atoms with Gasteiger partial charge in [-0.1, -0.05) is 301 Å². The first kappa shape index (κ1) is 67.4. The van der Waals surface area contributed by atoms with Crippen LogP contribution in [0.4, 0.5) is 11.4 Å². The fraction of sp³-hybridized carbons (Fsp3) is 0.739. The van der Waals surface area contributed by atoms with Gasteiger partial charge in [0.1, 0.15) is 0 Å². The zero-order valence-corrected chi connectivity index (χ0v) is 48.8. The van der Waals surface area contributed by atoms with Gasteiger partial charge >= 0.3 is 0 Å². The number of aryl methyl sites for hydroxylation is 2. The Morgan fingerprint density at radius 3 is 0.972 bits per heavy atom. The summed E-state index contributed by atoms with van der Waals surface area (Å²) in [5, 5.41) is 0. The van der Waals surface area contributed by atoms with Gasteiger partial charge in [0.05, 0.1) is 17.1 Å². The third kappa shape index (κ3) is 42.7. The molecule has 72 heavy (non-hydrogen) atoms. The van der Waals surface area contributed by atoms with Crippen molar-refractivity contribution in [2.24, 2.45) is 9.98 Å². The minimum atomic E-state index is 0. The molecule has 2 rings (SSSR count). The van der Waals surface area contributed by atoms with Crippen molar-refractivity contribution in [2.75, 3.05) is 0 Å². The van der Waals surface area contributed by atoms with Gasteiger partial charge in [-0.25, -0.2) is 0 Å². The number of nitrogens with zero attached hydrogens (tertiary/aromatic N) is 2. The fourth-order valence-corrected chi connectivity index (χ4v) is 10.0. The molecule has 0 unspecified atom stereocenters. The Morgan fingerprint density at radius 1 is 0.333 bits per heavy atom. The summed E-state index contributed by atoms with van der Waals surface area (Å²) in [4.78, 5) is 10.3. The van der Waals surface area contributed by atoms with Gasteiger partial charge in [0.2, 0.25) is 0 Å². The van der Waals surface area contributed by atoms with Crippen molar-refractivity contribution in [1.29, 1.82) is 0 Å². The predicted octanol–water partition coefficient (Wildman–Crippen LogP) is 23.3. The maximum absolute atomic E-state index is 5.24. The van der Waals surface area contributed by atoms with Gasteiger partial charge in [-0.3, -0.25) is 9.98 Å². The summed E-state index contributed by atoms with van der Waals surface area (Å²) < 4.78 is 0. The van der Waals surface area contributed by atoms with Crippen LogP contribution in [0.2, 0.25) is 0 Å². The van der Waals surface area contributed by atoms with Crippen LogP contribution in [-0.4, -0.2) is 11.9 Å². The molecule has 0 heterocycles. The Kier molecular flexibility index (Phi) is 51.2. The number of para-hydroxylation sites is 2. The quantitative estimate of drug-likeness (QED) is 0.0273. The van der Waals surface area contributed by atoms with E-state index in [1.165, 1.54) is 268 Å². The molecule has 3 heteroatoms. The number of aliphatic imine (C=N–C) groups is 2. The molecule has 0 aliphatic rings. The van der Waals surface area contributed by atoms with Crippen LogP contribution in [-0.2, 0) is 29.3 Å². The smallest absolute Gasteiger partial charge is 0.0665 e. The second kappa shape index (κ2) is 54.6. The van der Waals surface area contributed by atoms with Gasteiger partial charge in [0.25, 0.3) is 0 Å². The molecular weight excluding hydrogens is 915 g/mol. The van der Waals surface area contributed by atoms with E-state index in [1.807, 2.05) is 6.21 Å². The molecule has 2 aromatic rings. The normalized spacial score (nSPS) is 11.4. The zero-order chi connectivity index (χ0) is 50.4. The first-order valence-corrected chi connectivity index (χ1v) is 31.5. The summed E-state index contributed by atoms with van der Waals surface area (Å²) in [5.74, 6) is 13.9. The van der Waals surface area contributed by atoms with Gasteiger partial charge in [-0.05, 0) is 61.8 Å². The van der Waals surface area contributed by atoms with E-state index in [1.54, 1.807) is 0 Å². The number of rotatable bonds is 49. The molecule has 0 aliphatic heterocycles. The molecule has 0 bridgehead atoms. The van der Waals surface area contributed by atoms with Crippen LogP contribution in [0.1, 0.15) is 327 Å². The number of unbranched alkanes of at least 4 members (excludes halogenated alkanes) is 40. The average Bonchev–Trinajstić information content (AvgIpc) is 3.39. The molecule has 2 nitrogen and oxygen atoms in total. The molecule has 410 valence electrons. The monoisotopic (exact) mass is 1030 g/mol. The zero-order valence-electron chi connectivity index (χ0n) is 47.8. The third-order valence-electron chi connectivity index (χ3n) is 14.7. The summed E-state index contributed by atoms with van der Waals surface area (Å²) >= 11 is 0. The molecule has 0 amide bonds. The Balaban J connectivity index is 0.0000259. The second-order valence-corrected chi connectivity index (χ2v) is 21.5. The summed E-state index contributed by atoms with van der Waals surface area (Å²) in [5.41, 5.74) is 5.74. The van der Waals surface area contributed by atoms with Crippen LogP contribution in [0.25, 0.3) is 0 Å². The molecule has 0 aromatic heterocycles. The molecule has 0 N–H and O–H groups in total. The first-order chi connectivity index (χ1) is 35.3. The number of benzene rings is 2. The minimum absolute atomic E-state index is 0. The summed E-state index contributed by atoms with van der Waals surface area (Å²) in [7, 11) is 0. The van der Waals surface area contributed by atoms with Gasteiger partial charge in [-0.15, -0.1) is 23.7 Å². The molecule has 0 saturated heterocycles. The van der Waals surface area contributed by atoms with E-state index in [0.717, 1.165) is 68.5 Å². The van der Waals surface area contributed by atoms with Crippen molar-refractivity contribution in [3.63, 3.8) is 0 Å². The van der Waals surface area contributed by atoms with E-state index in [9.17, 15) is 0 Å². The van der Waals surface area contributed by atoms with Crippen molar-refractivity contribution in [3.05, 3.63) is 59.7 Å². The van der Waals surface area contributed by atoms with E-state index in [-0.39, 0.29) is 16.5 Å². The summed E-state index contributed by atoms with van der Waals surface area (Å²) in [6.45, 7) is 6.88. The Morgan fingerprint density at radius 2 is 0.611 bits per heavy atom. The van der Waals surface area contributed by atoms with Crippen LogP contribution in [0.15, 0.2) is 58.5 Å². The second-order valence-electron chi connectivity index (χ2n) is 21.5. The van der Waals surface area contributed by atoms with Crippen LogP contribution < -0.4 is 0 Å². The summed E-state index contributed by atoms with van der Waals surface area (Å²) in [6, 6.07) is 17.3. The molecule has 0 atom stereocenters. The molecule has 0 spiro atoms. The maximum Gasteiger partial charge on any atom is 0.0665 e. The van der Waals surface area contributed by atoms with Crippen LogP contribution in [0.3, 0.4) is 0 Å². The van der Waals surface area contributed by atoms with Gasteiger partial charge in [-0.2, -0.15) is 0 Å². The first-order valence-electron chi connectivity index (χ1n) is 31.5. The van der Waals surface area contributed by atoms with Crippen LogP contribution >= 0.6 is 0 Å². The Labute approximate surface area is 459 Å². The van der Waals surface area contributed by atoms with Crippen molar-refractivity contribution < 1.29 is 16.5 Å². The molecular formula is C69H114N2Ni. The predicted molar refractivity (Wildman–Crippen MR) is 320 cm³/mol. The molecule has 2 aromatic carbocycles. The third-order valence-corrected chi connectivity index (χ3v) is 14.7. The van der Waals surface area contributed by atoms with Crippen molar-refractivity contribution >= 4 is 23.3 Å². The SMILES string of the molecule is CCCCCCCCCCCCCCCCCCCCCC#CCCc1ccccc1/N=C(\C=N\c1ccccc1CCC#CCCCCCCCCCCCCCCCCCCCCC)CCCCC.[Ni]. The van der Waals surface area contributed by atoms with Crippen LogP contribution in [0.5, 0.6) is 0 Å². The van der Waals surface area contributed by atoms with Crippen molar-refractivity contribution in [2.45, 2.75) is 329 Å². The summed E-state index contributed by atoms with van der Waals surface area (Å²) in [6.07, 6.45) is 66.2. The van der Waals surface area contributed by atoms with Gasteiger partial charge in [0.15, 0.2) is 0 Å². The fourth-order valence-electron chi connectivity index (χ4n) is 10.0. The van der Waals surface area contributed by atoms with Crippen molar-refractivity contribution in [3.8, 4) is 23.7 Å². The molecule has 0 fully saturated rings. The molecule has 0 aliphatic carbocycles. The van der Waals surface area contributed by atoms with E-state index >= 15 is 0 Å². The standard InChI is InChI=1S/C69H114N2.Ni/c1-4-7-10-12-14-16-18-20-22-24-26-28-30-32-34-36-38-40-42-44-46-48-51-57-65-59-53-55-62-68(65)70-64-67(61-50-9-6-3)71-69-63-56-54-60-66(69)58-52-49-47-45-43-41-39-37-35-33-31-29-27-25-23-21-19-17-15-13-11-8-5-2;/h53-56,59-60,62-64H,4-45,50-52,57-58,61H2,1-3H3;/b70-64+,71-67-;. The Bertz CT molecular complexity index is 1650. The topological polar surface area (TPSA) is 24.7 Å². The number of hydrogen-bond donors (Lipinski definition) is 0. The van der Waals surface area contributed by atoms with E-state index < -0.39 is 0 Å². The molecule has 0 saturated carbocycles. The minimum Gasteiger partial charge on any atom is -0.255 e. The van der Waals surface area contributed by atoms with Crippen LogP contribution in [0, 0.1) is 23.7 Å². The van der Waals surface area contributed by atoms with E-state index in [4.69, 9.17) is 9.98 Å².